The summed E-state index contributed by atoms with van der Waals surface area (Å²) in [5.74, 6) is 0.118. The minimum absolute atomic E-state index is 0.183. The molecule has 1 aliphatic rings. The summed E-state index contributed by atoms with van der Waals surface area (Å²) in [4.78, 5) is 39.9. The second kappa shape index (κ2) is 7.94. The van der Waals surface area contributed by atoms with Gasteiger partial charge in [-0.15, -0.1) is 0 Å². The molecular weight excluding hydrogens is 350 g/mol. The predicted octanol–water partition coefficient (Wildman–Crippen LogP) is 1.84. The van der Waals surface area contributed by atoms with Crippen LogP contribution in [0.3, 0.4) is 0 Å². The number of ether oxygens (including phenoxy) is 1. The molecule has 142 valence electrons. The zero-order valence-electron chi connectivity index (χ0n) is 15.2. The predicted molar refractivity (Wildman–Crippen MR) is 97.8 cm³/mol. The molecule has 8 nitrogen and oxygen atoms in total. The highest BCUT2D eigenvalue weighted by Crippen LogP contribution is 2.25. The van der Waals surface area contributed by atoms with Crippen LogP contribution in [0.5, 0.6) is 5.75 Å². The van der Waals surface area contributed by atoms with Crippen molar-refractivity contribution in [3.63, 3.8) is 0 Å². The van der Waals surface area contributed by atoms with Gasteiger partial charge in [0.1, 0.15) is 5.75 Å². The average molecular weight is 371 g/mol. The van der Waals surface area contributed by atoms with E-state index in [1.807, 2.05) is 0 Å². The second-order valence-corrected chi connectivity index (χ2v) is 6.16. The van der Waals surface area contributed by atoms with Crippen molar-refractivity contribution in [2.24, 2.45) is 0 Å². The fourth-order valence-electron chi connectivity index (χ4n) is 3.00. The van der Waals surface area contributed by atoms with Crippen LogP contribution in [-0.4, -0.2) is 60.8 Å². The van der Waals surface area contributed by atoms with Gasteiger partial charge in [-0.25, -0.2) is 0 Å². The Morgan fingerprint density at radius 2 is 1.70 bits per heavy atom. The summed E-state index contributed by atoms with van der Waals surface area (Å²) in [6.45, 7) is 3.04. The number of nitrogens with zero attached hydrogens (tertiary/aromatic N) is 2. The third kappa shape index (κ3) is 4.11. The maximum atomic E-state index is 12.9. The molecule has 8 heteroatoms. The molecule has 1 fully saturated rings. The summed E-state index contributed by atoms with van der Waals surface area (Å²) in [6, 6.07) is 8.22. The van der Waals surface area contributed by atoms with Gasteiger partial charge in [-0.3, -0.25) is 14.4 Å². The van der Waals surface area contributed by atoms with Gasteiger partial charge in [0.2, 0.25) is 5.91 Å². The Kier molecular flexibility index (Phi) is 5.44. The lowest BCUT2D eigenvalue weighted by Gasteiger charge is -2.34. The summed E-state index contributed by atoms with van der Waals surface area (Å²) in [5, 5.41) is 2.66. The molecule has 2 aromatic rings. The van der Waals surface area contributed by atoms with Crippen molar-refractivity contribution in [1.82, 2.24) is 9.80 Å². The highest BCUT2D eigenvalue weighted by Gasteiger charge is 2.28. The number of rotatable bonds is 4. The van der Waals surface area contributed by atoms with Crippen LogP contribution in [0.4, 0.5) is 5.69 Å². The summed E-state index contributed by atoms with van der Waals surface area (Å²) in [5.41, 5.74) is 0.896. The summed E-state index contributed by atoms with van der Waals surface area (Å²) in [6.07, 6.45) is 1.46. The van der Waals surface area contributed by atoms with Crippen molar-refractivity contribution < 1.29 is 23.5 Å². The third-order valence-corrected chi connectivity index (χ3v) is 4.34. The molecule has 2 heterocycles. The Labute approximate surface area is 156 Å². The van der Waals surface area contributed by atoms with Crippen LogP contribution >= 0.6 is 0 Å². The van der Waals surface area contributed by atoms with E-state index >= 15 is 0 Å². The third-order valence-electron chi connectivity index (χ3n) is 4.34. The lowest BCUT2D eigenvalue weighted by atomic mass is 10.1. The molecule has 1 aliphatic heterocycles. The number of hydrogen-bond acceptors (Lipinski definition) is 5. The van der Waals surface area contributed by atoms with Crippen LogP contribution in [0, 0.1) is 0 Å². The van der Waals surface area contributed by atoms with Crippen molar-refractivity contribution in [2.45, 2.75) is 6.92 Å². The molecule has 1 N–H and O–H groups in total. The van der Waals surface area contributed by atoms with E-state index in [1.165, 1.54) is 20.3 Å². The van der Waals surface area contributed by atoms with Crippen LogP contribution in [-0.2, 0) is 4.79 Å². The van der Waals surface area contributed by atoms with E-state index in [1.54, 1.807) is 40.1 Å². The van der Waals surface area contributed by atoms with Gasteiger partial charge >= 0.3 is 0 Å². The van der Waals surface area contributed by atoms with Gasteiger partial charge in [0.25, 0.3) is 11.8 Å². The zero-order chi connectivity index (χ0) is 19.4. The molecule has 0 radical (unpaired) electrons. The van der Waals surface area contributed by atoms with Crippen molar-refractivity contribution in [1.29, 1.82) is 0 Å². The van der Waals surface area contributed by atoms with Gasteiger partial charge in [0.15, 0.2) is 5.76 Å². The van der Waals surface area contributed by atoms with E-state index in [-0.39, 0.29) is 17.7 Å². The number of piperazine rings is 1. The molecule has 0 saturated carbocycles. The Hall–Kier alpha value is -3.29. The molecule has 0 unspecified atom stereocenters. The van der Waals surface area contributed by atoms with E-state index in [9.17, 15) is 14.4 Å². The van der Waals surface area contributed by atoms with Crippen LogP contribution in [0.2, 0.25) is 0 Å². The Morgan fingerprint density at radius 3 is 2.26 bits per heavy atom. The maximum absolute atomic E-state index is 12.9. The number of nitrogens with one attached hydrogen (secondary N) is 1. The number of anilines is 1. The van der Waals surface area contributed by atoms with E-state index in [0.29, 0.717) is 48.9 Å². The van der Waals surface area contributed by atoms with E-state index in [0.717, 1.165) is 0 Å². The Morgan fingerprint density at radius 1 is 1.04 bits per heavy atom. The topological polar surface area (TPSA) is 92.1 Å². The number of amides is 3. The smallest absolute Gasteiger partial charge is 0.289 e. The molecular formula is C19H21N3O5. The van der Waals surface area contributed by atoms with Crippen molar-refractivity contribution in [3.05, 3.63) is 47.9 Å². The lowest BCUT2D eigenvalue weighted by Crippen LogP contribution is -2.50. The number of carbonyl (C=O) groups excluding carboxylic acids is 3. The monoisotopic (exact) mass is 371 g/mol. The molecule has 1 aromatic carbocycles. The first-order chi connectivity index (χ1) is 13.0. The van der Waals surface area contributed by atoms with Gasteiger partial charge in [-0.1, -0.05) is 0 Å². The highest BCUT2D eigenvalue weighted by atomic mass is 16.5. The molecule has 1 aromatic heterocycles. The van der Waals surface area contributed by atoms with Crippen molar-refractivity contribution >= 4 is 23.4 Å². The van der Waals surface area contributed by atoms with E-state index < -0.39 is 0 Å². The number of hydrogen-bond donors (Lipinski definition) is 1. The van der Waals surface area contributed by atoms with Gasteiger partial charge in [-0.2, -0.15) is 0 Å². The Bertz CT molecular complexity index is 839. The number of furan rings is 1. The lowest BCUT2D eigenvalue weighted by molar-refractivity contribution is -0.114. The number of methoxy groups -OCH3 is 1. The minimum atomic E-state index is -0.219. The van der Waals surface area contributed by atoms with E-state index in [4.69, 9.17) is 9.15 Å². The molecule has 1 saturated heterocycles. The van der Waals surface area contributed by atoms with Gasteiger partial charge in [0, 0.05) is 38.8 Å². The first-order valence-corrected chi connectivity index (χ1v) is 8.57. The standard InChI is InChI=1S/C19H21N3O5/c1-13(23)20-14-5-6-16(26-2)15(12-14)18(24)21-7-9-22(10-8-21)19(25)17-4-3-11-27-17/h3-6,11-12H,7-10H2,1-2H3,(H,20,23). The van der Waals surface area contributed by atoms with Crippen LogP contribution in [0.15, 0.2) is 41.0 Å². The summed E-state index contributed by atoms with van der Waals surface area (Å²) < 4.78 is 10.4. The Balaban J connectivity index is 1.70. The fourth-order valence-corrected chi connectivity index (χ4v) is 3.00. The van der Waals surface area contributed by atoms with Crippen LogP contribution in [0.1, 0.15) is 27.8 Å². The molecule has 0 atom stereocenters. The number of benzene rings is 1. The first-order valence-electron chi connectivity index (χ1n) is 8.57. The number of carbonyl (C=O) groups is 3. The minimum Gasteiger partial charge on any atom is -0.496 e. The molecule has 0 spiro atoms. The van der Waals surface area contributed by atoms with Gasteiger partial charge in [0.05, 0.1) is 18.9 Å². The van der Waals surface area contributed by atoms with Gasteiger partial charge < -0.3 is 24.3 Å². The quantitative estimate of drug-likeness (QED) is 0.885. The fraction of sp³-hybridized carbons (Fsp3) is 0.316. The SMILES string of the molecule is COc1ccc(NC(C)=O)cc1C(=O)N1CCN(C(=O)c2ccco2)CC1. The molecule has 0 aliphatic carbocycles. The first kappa shape index (κ1) is 18.5. The van der Waals surface area contributed by atoms with E-state index in [2.05, 4.69) is 5.32 Å². The average Bonchev–Trinajstić information content (AvgIpc) is 3.21. The summed E-state index contributed by atoms with van der Waals surface area (Å²) >= 11 is 0. The normalized spacial score (nSPS) is 14.0. The largest absolute Gasteiger partial charge is 0.496 e. The molecule has 3 amide bonds. The van der Waals surface area contributed by atoms with Crippen molar-refractivity contribution in [3.8, 4) is 5.75 Å². The molecule has 0 bridgehead atoms. The molecule has 3 rings (SSSR count). The summed E-state index contributed by atoms with van der Waals surface area (Å²) in [7, 11) is 1.49. The maximum Gasteiger partial charge on any atom is 0.289 e. The molecule has 27 heavy (non-hydrogen) atoms. The highest BCUT2D eigenvalue weighted by molar-refractivity contribution is 5.99. The zero-order valence-corrected chi connectivity index (χ0v) is 15.2. The van der Waals surface area contributed by atoms with Crippen LogP contribution < -0.4 is 10.1 Å². The second-order valence-electron chi connectivity index (χ2n) is 6.16. The van der Waals surface area contributed by atoms with Crippen molar-refractivity contribution in [2.75, 3.05) is 38.6 Å². The van der Waals surface area contributed by atoms with Crippen LogP contribution in [0.25, 0.3) is 0 Å². The van der Waals surface area contributed by atoms with Gasteiger partial charge in [-0.05, 0) is 30.3 Å².